The average Bonchev–Trinajstić information content (AvgIpc) is 2.70. The summed E-state index contributed by atoms with van der Waals surface area (Å²) in [5.74, 6) is 1.34. The minimum atomic E-state index is -0.132. The second-order valence-electron chi connectivity index (χ2n) is 7.02. The third kappa shape index (κ3) is 5.44. The zero-order valence-electron chi connectivity index (χ0n) is 16.1. The van der Waals surface area contributed by atoms with Crippen molar-refractivity contribution in [3.05, 3.63) is 48.2 Å². The molecular formula is C21H28N4O2. The van der Waals surface area contributed by atoms with Crippen molar-refractivity contribution in [2.45, 2.75) is 19.8 Å². The van der Waals surface area contributed by atoms with Gasteiger partial charge in [0.15, 0.2) is 0 Å². The molecule has 6 nitrogen and oxygen atoms in total. The monoisotopic (exact) mass is 368 g/mol. The van der Waals surface area contributed by atoms with Crippen molar-refractivity contribution >= 4 is 23.1 Å². The van der Waals surface area contributed by atoms with Crippen LogP contribution in [0, 0.1) is 5.92 Å². The van der Waals surface area contributed by atoms with Crippen LogP contribution in [-0.4, -0.2) is 44.2 Å². The molecule has 6 heteroatoms. The van der Waals surface area contributed by atoms with Gasteiger partial charge in [-0.3, -0.25) is 4.79 Å². The smallest absolute Gasteiger partial charge is 0.251 e. The highest BCUT2D eigenvalue weighted by atomic mass is 16.5. The number of piperidine rings is 1. The van der Waals surface area contributed by atoms with Gasteiger partial charge >= 0.3 is 0 Å². The van der Waals surface area contributed by atoms with Crippen molar-refractivity contribution in [2.75, 3.05) is 43.6 Å². The Balaban J connectivity index is 1.60. The van der Waals surface area contributed by atoms with Gasteiger partial charge < -0.3 is 20.3 Å². The lowest BCUT2D eigenvalue weighted by molar-refractivity contribution is 0.0937. The molecule has 1 amide bonds. The second kappa shape index (κ2) is 9.37. The van der Waals surface area contributed by atoms with Gasteiger partial charge in [0.05, 0.1) is 6.61 Å². The van der Waals surface area contributed by atoms with Crippen LogP contribution in [0.25, 0.3) is 0 Å². The molecule has 1 aliphatic heterocycles. The fraction of sp³-hybridized carbons (Fsp3) is 0.429. The maximum atomic E-state index is 12.1. The first kappa shape index (κ1) is 19.2. The number of rotatable bonds is 7. The summed E-state index contributed by atoms with van der Waals surface area (Å²) in [5, 5.41) is 6.08. The topological polar surface area (TPSA) is 66.5 Å². The Morgan fingerprint density at radius 1 is 1.22 bits per heavy atom. The van der Waals surface area contributed by atoms with Crippen LogP contribution < -0.4 is 15.5 Å². The fourth-order valence-electron chi connectivity index (χ4n) is 3.18. The largest absolute Gasteiger partial charge is 0.383 e. The molecule has 1 saturated heterocycles. The van der Waals surface area contributed by atoms with E-state index in [9.17, 15) is 4.79 Å². The normalized spacial score (nSPS) is 14.8. The number of benzene rings is 1. The third-order valence-electron chi connectivity index (χ3n) is 4.90. The quantitative estimate of drug-likeness (QED) is 0.733. The van der Waals surface area contributed by atoms with Crippen molar-refractivity contribution in [1.29, 1.82) is 0 Å². The fourth-order valence-corrected chi connectivity index (χ4v) is 3.18. The Bertz CT molecular complexity index is 740. The van der Waals surface area contributed by atoms with Crippen LogP contribution in [0.15, 0.2) is 42.6 Å². The summed E-state index contributed by atoms with van der Waals surface area (Å²) in [5.41, 5.74) is 2.78. The number of methoxy groups -OCH3 is 1. The van der Waals surface area contributed by atoms with E-state index in [-0.39, 0.29) is 5.91 Å². The third-order valence-corrected chi connectivity index (χ3v) is 4.90. The van der Waals surface area contributed by atoms with Crippen molar-refractivity contribution in [2.24, 2.45) is 5.92 Å². The van der Waals surface area contributed by atoms with E-state index in [1.54, 1.807) is 25.4 Å². The van der Waals surface area contributed by atoms with E-state index in [0.29, 0.717) is 24.5 Å². The number of nitrogens with one attached hydrogen (secondary N) is 2. The summed E-state index contributed by atoms with van der Waals surface area (Å²) in [4.78, 5) is 18.9. The van der Waals surface area contributed by atoms with Crippen LogP contribution in [0.1, 0.15) is 30.1 Å². The highest BCUT2D eigenvalue weighted by Gasteiger charge is 2.15. The maximum absolute atomic E-state index is 12.1. The molecule has 1 aliphatic rings. The van der Waals surface area contributed by atoms with E-state index in [0.717, 1.165) is 24.7 Å². The van der Waals surface area contributed by atoms with E-state index in [1.807, 2.05) is 0 Å². The predicted octanol–water partition coefficient (Wildman–Crippen LogP) is 3.44. The molecule has 27 heavy (non-hydrogen) atoms. The van der Waals surface area contributed by atoms with Crippen LogP contribution in [-0.2, 0) is 4.74 Å². The summed E-state index contributed by atoms with van der Waals surface area (Å²) < 4.78 is 4.95. The first-order valence-electron chi connectivity index (χ1n) is 9.51. The molecule has 144 valence electrons. The summed E-state index contributed by atoms with van der Waals surface area (Å²) in [6.07, 6.45) is 4.14. The number of carbonyl (C=O) groups is 1. The maximum Gasteiger partial charge on any atom is 0.251 e. The van der Waals surface area contributed by atoms with Crippen LogP contribution in [0.2, 0.25) is 0 Å². The van der Waals surface area contributed by atoms with Gasteiger partial charge in [-0.05, 0) is 55.2 Å². The molecule has 1 aromatic heterocycles. The molecule has 3 rings (SSSR count). The van der Waals surface area contributed by atoms with Crippen LogP contribution >= 0.6 is 0 Å². The van der Waals surface area contributed by atoms with Gasteiger partial charge in [-0.15, -0.1) is 0 Å². The first-order valence-corrected chi connectivity index (χ1v) is 9.51. The molecule has 1 fully saturated rings. The number of nitrogens with zero attached hydrogens (tertiary/aromatic N) is 2. The van der Waals surface area contributed by atoms with Gasteiger partial charge in [0.1, 0.15) is 5.82 Å². The molecule has 1 aromatic carbocycles. The summed E-state index contributed by atoms with van der Waals surface area (Å²) in [6.45, 7) is 5.54. The lowest BCUT2D eigenvalue weighted by Gasteiger charge is -2.32. The Kier molecular flexibility index (Phi) is 6.65. The van der Waals surface area contributed by atoms with Gasteiger partial charge in [0.25, 0.3) is 5.91 Å². The van der Waals surface area contributed by atoms with E-state index in [1.165, 1.54) is 18.5 Å². The van der Waals surface area contributed by atoms with Crippen molar-refractivity contribution < 1.29 is 9.53 Å². The van der Waals surface area contributed by atoms with Gasteiger partial charge in [-0.2, -0.15) is 0 Å². The standard InChI is InChI=1S/C21H28N4O2/c1-16-8-12-25(13-9-16)19-5-3-18(4-6-19)24-20-15-17(7-10-22-20)21(26)23-11-14-27-2/h3-7,10,15-16H,8-9,11-14H2,1-2H3,(H,22,24)(H,23,26). The SMILES string of the molecule is COCCNC(=O)c1ccnc(Nc2ccc(N3CCC(C)CC3)cc2)c1. The highest BCUT2D eigenvalue weighted by molar-refractivity contribution is 5.94. The van der Waals surface area contributed by atoms with Crippen molar-refractivity contribution in [3.8, 4) is 0 Å². The molecule has 2 aromatic rings. The Morgan fingerprint density at radius 3 is 2.67 bits per heavy atom. The zero-order valence-corrected chi connectivity index (χ0v) is 16.1. The molecule has 0 spiro atoms. The molecule has 2 heterocycles. The second-order valence-corrected chi connectivity index (χ2v) is 7.02. The number of anilines is 3. The highest BCUT2D eigenvalue weighted by Crippen LogP contribution is 2.25. The van der Waals surface area contributed by atoms with E-state index >= 15 is 0 Å². The molecule has 0 radical (unpaired) electrons. The van der Waals surface area contributed by atoms with E-state index < -0.39 is 0 Å². The molecule has 0 aliphatic carbocycles. The van der Waals surface area contributed by atoms with Crippen molar-refractivity contribution in [1.82, 2.24) is 10.3 Å². The molecule has 0 bridgehead atoms. The summed E-state index contributed by atoms with van der Waals surface area (Å²) in [7, 11) is 1.61. The van der Waals surface area contributed by atoms with Crippen molar-refractivity contribution in [3.63, 3.8) is 0 Å². The Labute approximate surface area is 160 Å². The number of ether oxygens (including phenoxy) is 1. The average molecular weight is 368 g/mol. The van der Waals surface area contributed by atoms with E-state index in [4.69, 9.17) is 4.74 Å². The number of amides is 1. The number of carbonyl (C=O) groups excluding carboxylic acids is 1. The van der Waals surface area contributed by atoms with Crippen LogP contribution in [0.3, 0.4) is 0 Å². The van der Waals surface area contributed by atoms with Gasteiger partial charge in [-0.25, -0.2) is 4.98 Å². The minimum Gasteiger partial charge on any atom is -0.383 e. The molecule has 2 N–H and O–H groups in total. The predicted molar refractivity (Wildman–Crippen MR) is 109 cm³/mol. The molecule has 0 saturated carbocycles. The molecule has 0 atom stereocenters. The lowest BCUT2D eigenvalue weighted by atomic mass is 9.99. The number of aromatic nitrogens is 1. The number of pyridine rings is 1. The van der Waals surface area contributed by atoms with Crippen LogP contribution in [0.4, 0.5) is 17.2 Å². The first-order chi connectivity index (χ1) is 13.2. The van der Waals surface area contributed by atoms with Gasteiger partial charge in [0.2, 0.25) is 0 Å². The van der Waals surface area contributed by atoms with Crippen LogP contribution in [0.5, 0.6) is 0 Å². The number of hydrogen-bond acceptors (Lipinski definition) is 5. The Hall–Kier alpha value is -2.60. The molecule has 0 unspecified atom stereocenters. The zero-order chi connectivity index (χ0) is 19.1. The number of hydrogen-bond donors (Lipinski definition) is 2. The van der Waals surface area contributed by atoms with E-state index in [2.05, 4.69) is 51.7 Å². The molecular weight excluding hydrogens is 340 g/mol. The lowest BCUT2D eigenvalue weighted by Crippen LogP contribution is -2.32. The minimum absolute atomic E-state index is 0.132. The summed E-state index contributed by atoms with van der Waals surface area (Å²) >= 11 is 0. The summed E-state index contributed by atoms with van der Waals surface area (Å²) in [6, 6.07) is 11.8. The van der Waals surface area contributed by atoms with Gasteiger partial charge in [-0.1, -0.05) is 6.92 Å². The Morgan fingerprint density at radius 2 is 1.96 bits per heavy atom. The van der Waals surface area contributed by atoms with Gasteiger partial charge in [0, 0.05) is 49.9 Å².